The first kappa shape index (κ1) is 18.4. The van der Waals surface area contributed by atoms with Gasteiger partial charge in [-0.05, 0) is 42.2 Å². The molecule has 150 valence electrons. The Morgan fingerprint density at radius 3 is 2.79 bits per heavy atom. The Morgan fingerprint density at radius 2 is 1.97 bits per heavy atom. The molecule has 0 atom stereocenters. The van der Waals surface area contributed by atoms with E-state index in [0.29, 0.717) is 22.7 Å². The molecule has 2 aromatic heterocycles. The molecule has 1 fully saturated rings. The Bertz CT molecular complexity index is 1210. The summed E-state index contributed by atoms with van der Waals surface area (Å²) in [6.45, 7) is -0.0155. The van der Waals surface area contributed by atoms with Crippen LogP contribution in [0.1, 0.15) is 36.8 Å². The van der Waals surface area contributed by atoms with Crippen molar-refractivity contribution in [3.63, 3.8) is 0 Å². The van der Waals surface area contributed by atoms with Crippen LogP contribution in [0.4, 0.5) is 0 Å². The summed E-state index contributed by atoms with van der Waals surface area (Å²) in [5.74, 6) is 0.918. The van der Waals surface area contributed by atoms with Crippen LogP contribution < -0.4 is 4.74 Å². The standard InChI is InChI=1S/C22H22N2O4S/c25-17-12-18-20(28-14-17)8-3-9-21(18)29(26,27)24-13-16(11-15-5-1-2-6-15)22-19(24)7-4-10-23-22/h3-4,7-10,13,15H,1-2,5-6,11-12,14H2. The zero-order valence-electron chi connectivity index (χ0n) is 16.0. The van der Waals surface area contributed by atoms with E-state index in [-0.39, 0.29) is 23.7 Å². The normalized spacial score (nSPS) is 17.4. The molecule has 5 rings (SSSR count). The minimum Gasteiger partial charge on any atom is -0.485 e. The highest BCUT2D eigenvalue weighted by molar-refractivity contribution is 7.90. The summed E-state index contributed by atoms with van der Waals surface area (Å²) in [5, 5.41) is 0. The molecule has 0 saturated heterocycles. The van der Waals surface area contributed by atoms with Crippen LogP contribution >= 0.6 is 0 Å². The zero-order valence-corrected chi connectivity index (χ0v) is 16.8. The first-order valence-electron chi connectivity index (χ1n) is 10.0. The van der Waals surface area contributed by atoms with Crippen LogP contribution in [0.3, 0.4) is 0 Å². The lowest BCUT2D eigenvalue weighted by Crippen LogP contribution is -2.23. The minimum atomic E-state index is -3.90. The van der Waals surface area contributed by atoms with Gasteiger partial charge in [0.1, 0.15) is 12.4 Å². The Balaban J connectivity index is 1.65. The molecule has 2 aliphatic rings. The Kier molecular flexibility index (Phi) is 4.42. The molecule has 1 saturated carbocycles. The molecular formula is C22H22N2O4S. The van der Waals surface area contributed by atoms with Crippen molar-refractivity contribution < 1.29 is 17.9 Å². The van der Waals surface area contributed by atoms with Gasteiger partial charge in [0.15, 0.2) is 5.78 Å². The van der Waals surface area contributed by atoms with Crippen molar-refractivity contribution in [2.45, 2.75) is 43.4 Å². The summed E-state index contributed by atoms with van der Waals surface area (Å²) in [4.78, 5) is 16.5. The molecule has 1 aromatic carbocycles. The minimum absolute atomic E-state index is 0.0155. The maximum atomic E-state index is 13.6. The second-order valence-corrected chi connectivity index (χ2v) is 9.70. The summed E-state index contributed by atoms with van der Waals surface area (Å²) >= 11 is 0. The highest BCUT2D eigenvalue weighted by Crippen LogP contribution is 2.35. The third-order valence-electron chi connectivity index (χ3n) is 5.97. The molecule has 3 heterocycles. The van der Waals surface area contributed by atoms with Crippen LogP contribution in [-0.4, -0.2) is 29.8 Å². The molecule has 0 unspecified atom stereocenters. The van der Waals surface area contributed by atoms with Gasteiger partial charge in [-0.1, -0.05) is 31.7 Å². The Morgan fingerprint density at radius 1 is 1.14 bits per heavy atom. The van der Waals surface area contributed by atoms with Gasteiger partial charge in [-0.2, -0.15) is 0 Å². The third-order valence-corrected chi connectivity index (χ3v) is 7.73. The number of hydrogen-bond acceptors (Lipinski definition) is 5. The largest absolute Gasteiger partial charge is 0.485 e. The molecular weight excluding hydrogens is 388 g/mol. The average Bonchev–Trinajstić information content (AvgIpc) is 3.36. The Labute approximate surface area is 169 Å². The molecule has 6 nitrogen and oxygen atoms in total. The number of fused-ring (bicyclic) bond motifs is 2. The first-order valence-corrected chi connectivity index (χ1v) is 11.4. The van der Waals surface area contributed by atoms with Crippen molar-refractivity contribution in [2.75, 3.05) is 6.61 Å². The van der Waals surface area contributed by atoms with E-state index in [2.05, 4.69) is 4.98 Å². The van der Waals surface area contributed by atoms with E-state index in [1.54, 1.807) is 42.7 Å². The number of carbonyl (C=O) groups excluding carboxylic acids is 1. The monoisotopic (exact) mass is 410 g/mol. The summed E-state index contributed by atoms with van der Waals surface area (Å²) < 4.78 is 34.1. The van der Waals surface area contributed by atoms with Crippen LogP contribution in [0.5, 0.6) is 5.75 Å². The van der Waals surface area contributed by atoms with E-state index >= 15 is 0 Å². The van der Waals surface area contributed by atoms with Gasteiger partial charge in [0.05, 0.1) is 15.9 Å². The van der Waals surface area contributed by atoms with E-state index in [0.717, 1.165) is 17.5 Å². The highest BCUT2D eigenvalue weighted by atomic mass is 32.2. The molecule has 0 N–H and O–H groups in total. The number of hydrogen-bond donors (Lipinski definition) is 0. The lowest BCUT2D eigenvalue weighted by atomic mass is 9.99. The fourth-order valence-corrected chi connectivity index (χ4v) is 6.20. The van der Waals surface area contributed by atoms with Gasteiger partial charge < -0.3 is 4.74 Å². The van der Waals surface area contributed by atoms with E-state index in [4.69, 9.17) is 4.74 Å². The van der Waals surface area contributed by atoms with Crippen molar-refractivity contribution in [2.24, 2.45) is 5.92 Å². The number of nitrogens with zero attached hydrogens (tertiary/aromatic N) is 2. The molecule has 3 aromatic rings. The van der Waals surface area contributed by atoms with E-state index in [9.17, 15) is 13.2 Å². The van der Waals surface area contributed by atoms with Crippen molar-refractivity contribution >= 4 is 26.8 Å². The predicted molar refractivity (Wildman–Crippen MR) is 109 cm³/mol. The van der Waals surface area contributed by atoms with E-state index < -0.39 is 10.0 Å². The second-order valence-electron chi connectivity index (χ2n) is 7.92. The van der Waals surface area contributed by atoms with Crippen LogP contribution in [0, 0.1) is 5.92 Å². The number of rotatable bonds is 4. The number of Topliss-reactive ketones (excluding diaryl/α,β-unsaturated/α-hetero) is 1. The van der Waals surface area contributed by atoms with Gasteiger partial charge >= 0.3 is 0 Å². The summed E-state index contributed by atoms with van der Waals surface area (Å²) in [7, 11) is -3.90. The van der Waals surface area contributed by atoms with Crippen LogP contribution in [-0.2, 0) is 27.7 Å². The van der Waals surface area contributed by atoms with Crippen molar-refractivity contribution in [1.82, 2.24) is 8.96 Å². The molecule has 0 radical (unpaired) electrons. The molecule has 1 aliphatic carbocycles. The number of ketones is 1. The van der Waals surface area contributed by atoms with Crippen molar-refractivity contribution in [3.05, 3.63) is 53.9 Å². The SMILES string of the molecule is O=C1COc2cccc(S(=O)(=O)n3cc(CC4CCCC4)c4ncccc43)c2C1. The number of pyridine rings is 1. The van der Waals surface area contributed by atoms with Crippen LogP contribution in [0.2, 0.25) is 0 Å². The third kappa shape index (κ3) is 3.13. The van der Waals surface area contributed by atoms with Crippen LogP contribution in [0.25, 0.3) is 11.0 Å². The number of ether oxygens (including phenoxy) is 1. The zero-order chi connectivity index (χ0) is 20.0. The van der Waals surface area contributed by atoms with E-state index in [1.165, 1.54) is 29.7 Å². The Hall–Kier alpha value is -2.67. The van der Waals surface area contributed by atoms with Crippen LogP contribution in [0.15, 0.2) is 47.6 Å². The van der Waals surface area contributed by atoms with Crippen molar-refractivity contribution in [1.29, 1.82) is 0 Å². The number of aromatic nitrogens is 2. The fraction of sp³-hybridized carbons (Fsp3) is 0.364. The lowest BCUT2D eigenvalue weighted by molar-refractivity contribution is -0.121. The van der Waals surface area contributed by atoms with Gasteiger partial charge in [0, 0.05) is 24.4 Å². The highest BCUT2D eigenvalue weighted by Gasteiger charge is 2.29. The maximum Gasteiger partial charge on any atom is 0.268 e. The quantitative estimate of drug-likeness (QED) is 0.658. The lowest BCUT2D eigenvalue weighted by Gasteiger charge is -2.19. The summed E-state index contributed by atoms with van der Waals surface area (Å²) in [5.41, 5.74) is 2.71. The number of carbonyl (C=O) groups is 1. The fourth-order valence-electron chi connectivity index (χ4n) is 4.58. The summed E-state index contributed by atoms with van der Waals surface area (Å²) in [6.07, 6.45) is 9.15. The smallest absolute Gasteiger partial charge is 0.268 e. The van der Waals surface area contributed by atoms with Gasteiger partial charge in [-0.3, -0.25) is 9.78 Å². The molecule has 0 amide bonds. The van der Waals surface area contributed by atoms with E-state index in [1.807, 2.05) is 0 Å². The van der Waals surface area contributed by atoms with Gasteiger partial charge in [-0.15, -0.1) is 0 Å². The molecule has 0 bridgehead atoms. The molecule has 1 aliphatic heterocycles. The maximum absolute atomic E-state index is 13.6. The topological polar surface area (TPSA) is 78.3 Å². The van der Waals surface area contributed by atoms with Gasteiger partial charge in [-0.25, -0.2) is 12.4 Å². The summed E-state index contributed by atoms with van der Waals surface area (Å²) in [6, 6.07) is 8.46. The van der Waals surface area contributed by atoms with Gasteiger partial charge in [0.2, 0.25) is 0 Å². The molecule has 29 heavy (non-hydrogen) atoms. The predicted octanol–water partition coefficient (Wildman–Crippen LogP) is 3.51. The van der Waals surface area contributed by atoms with Crippen molar-refractivity contribution in [3.8, 4) is 5.75 Å². The second kappa shape index (κ2) is 6.99. The molecule has 7 heteroatoms. The number of benzene rings is 1. The average molecular weight is 410 g/mol. The molecule has 0 spiro atoms. The first-order chi connectivity index (χ1) is 14.0. The van der Waals surface area contributed by atoms with Gasteiger partial charge in [0.25, 0.3) is 10.0 Å².